The van der Waals surface area contributed by atoms with Crippen molar-refractivity contribution in [2.24, 2.45) is 0 Å². The maximum atomic E-state index is 11.0. The summed E-state index contributed by atoms with van der Waals surface area (Å²) >= 11 is 5.37. The first-order chi connectivity index (χ1) is 9.20. The first-order valence-electron chi connectivity index (χ1n) is 6.09. The average Bonchev–Trinajstić information content (AvgIpc) is 3.21. The van der Waals surface area contributed by atoms with E-state index in [-0.39, 0.29) is 18.0 Å². The second kappa shape index (κ2) is 6.54. The molecule has 0 unspecified atom stereocenters. The van der Waals surface area contributed by atoms with Crippen molar-refractivity contribution in [1.29, 1.82) is 0 Å². The number of nitro groups is 1. The van der Waals surface area contributed by atoms with E-state index in [9.17, 15) is 10.1 Å². The summed E-state index contributed by atoms with van der Waals surface area (Å²) in [4.78, 5) is 10.6. The Kier molecular flexibility index (Phi) is 4.76. The summed E-state index contributed by atoms with van der Waals surface area (Å²) in [5.41, 5.74) is 2.19. The highest BCUT2D eigenvalue weighted by atomic mass is 35.5. The molecule has 1 aromatic rings. The average molecular weight is 283 g/mol. The minimum atomic E-state index is -0.430. The van der Waals surface area contributed by atoms with Gasteiger partial charge >= 0.3 is 5.69 Å². The second-order valence-electron chi connectivity index (χ2n) is 4.39. The standard InChI is InChI=1S/C13H15ClN2O3/c14-6-1-7-19-13-5-2-10(8-12(13)16(17)18)9-15-11-3-4-11/h1-2,5-6,8,11,15H,3-4,7,9H2/b6-1+. The fraction of sp³-hybridized carbons (Fsp3) is 0.385. The van der Waals surface area contributed by atoms with Gasteiger partial charge in [0.2, 0.25) is 0 Å². The number of hydrogen-bond acceptors (Lipinski definition) is 4. The molecule has 0 atom stereocenters. The van der Waals surface area contributed by atoms with Crippen LogP contribution in [-0.2, 0) is 6.54 Å². The molecular weight excluding hydrogens is 268 g/mol. The third-order valence-corrected chi connectivity index (χ3v) is 2.99. The van der Waals surface area contributed by atoms with Crippen LogP contribution < -0.4 is 10.1 Å². The zero-order valence-corrected chi connectivity index (χ0v) is 11.1. The fourth-order valence-corrected chi connectivity index (χ4v) is 1.73. The Bertz CT molecular complexity index is 487. The van der Waals surface area contributed by atoms with Gasteiger partial charge in [-0.3, -0.25) is 10.1 Å². The maximum Gasteiger partial charge on any atom is 0.311 e. The van der Waals surface area contributed by atoms with E-state index in [4.69, 9.17) is 16.3 Å². The van der Waals surface area contributed by atoms with Crippen LogP contribution in [0.15, 0.2) is 29.8 Å². The van der Waals surface area contributed by atoms with Gasteiger partial charge in [0.1, 0.15) is 6.61 Å². The predicted octanol–water partition coefficient (Wildman–Crippen LogP) is 2.98. The van der Waals surface area contributed by atoms with Gasteiger partial charge in [-0.25, -0.2) is 0 Å². The van der Waals surface area contributed by atoms with Gasteiger partial charge in [0.05, 0.1) is 4.92 Å². The Morgan fingerprint density at radius 3 is 2.95 bits per heavy atom. The van der Waals surface area contributed by atoms with E-state index in [0.29, 0.717) is 12.6 Å². The van der Waals surface area contributed by atoms with Crippen LogP contribution >= 0.6 is 11.6 Å². The zero-order valence-electron chi connectivity index (χ0n) is 10.3. The molecule has 1 saturated carbocycles. The van der Waals surface area contributed by atoms with E-state index < -0.39 is 4.92 Å². The van der Waals surface area contributed by atoms with E-state index in [1.807, 2.05) is 6.07 Å². The highest BCUT2D eigenvalue weighted by Gasteiger charge is 2.21. The van der Waals surface area contributed by atoms with Crippen molar-refractivity contribution in [2.75, 3.05) is 6.61 Å². The van der Waals surface area contributed by atoms with Gasteiger partial charge in [-0.1, -0.05) is 17.7 Å². The summed E-state index contributed by atoms with van der Waals surface area (Å²) in [6, 6.07) is 5.59. The van der Waals surface area contributed by atoms with Crippen molar-refractivity contribution >= 4 is 17.3 Å². The molecule has 1 aromatic carbocycles. The maximum absolute atomic E-state index is 11.0. The van der Waals surface area contributed by atoms with Crippen LogP contribution in [0.3, 0.4) is 0 Å². The van der Waals surface area contributed by atoms with Crippen LogP contribution in [0, 0.1) is 10.1 Å². The minimum Gasteiger partial charge on any atom is -0.483 e. The molecule has 102 valence electrons. The third kappa shape index (κ3) is 4.22. The van der Waals surface area contributed by atoms with E-state index in [1.54, 1.807) is 18.2 Å². The fourth-order valence-electron chi connectivity index (χ4n) is 1.66. The Hall–Kier alpha value is -1.59. The molecular formula is C13H15ClN2O3. The minimum absolute atomic E-state index is 0.0157. The molecule has 2 rings (SSSR count). The van der Waals surface area contributed by atoms with Crippen LogP contribution in [0.25, 0.3) is 0 Å². The van der Waals surface area contributed by atoms with E-state index in [0.717, 1.165) is 5.56 Å². The van der Waals surface area contributed by atoms with Crippen molar-refractivity contribution < 1.29 is 9.66 Å². The number of rotatable bonds is 7. The first kappa shape index (κ1) is 13.8. The van der Waals surface area contributed by atoms with Crippen LogP contribution in [0.4, 0.5) is 5.69 Å². The summed E-state index contributed by atoms with van der Waals surface area (Å²) in [6.45, 7) is 0.859. The Morgan fingerprint density at radius 2 is 2.32 bits per heavy atom. The molecule has 0 aromatic heterocycles. The number of ether oxygens (including phenoxy) is 1. The monoisotopic (exact) mass is 282 g/mol. The zero-order chi connectivity index (χ0) is 13.7. The van der Waals surface area contributed by atoms with Crippen molar-refractivity contribution in [1.82, 2.24) is 5.32 Å². The molecule has 0 radical (unpaired) electrons. The lowest BCUT2D eigenvalue weighted by molar-refractivity contribution is -0.385. The van der Waals surface area contributed by atoms with E-state index >= 15 is 0 Å². The number of nitrogens with one attached hydrogen (secondary N) is 1. The summed E-state index contributed by atoms with van der Waals surface area (Å²) in [5, 5.41) is 14.3. The summed E-state index contributed by atoms with van der Waals surface area (Å²) in [6.07, 6.45) is 3.95. The second-order valence-corrected chi connectivity index (χ2v) is 4.64. The Morgan fingerprint density at radius 1 is 1.53 bits per heavy atom. The summed E-state index contributed by atoms with van der Waals surface area (Å²) in [5.74, 6) is 0.259. The number of hydrogen-bond donors (Lipinski definition) is 1. The molecule has 5 nitrogen and oxygen atoms in total. The molecule has 1 aliphatic carbocycles. The summed E-state index contributed by atoms with van der Waals surface area (Å²) < 4.78 is 5.30. The molecule has 6 heteroatoms. The normalized spacial score (nSPS) is 14.8. The summed E-state index contributed by atoms with van der Waals surface area (Å²) in [7, 11) is 0. The smallest absolute Gasteiger partial charge is 0.311 e. The van der Waals surface area contributed by atoms with Gasteiger partial charge in [-0.05, 0) is 30.5 Å². The molecule has 1 fully saturated rings. The molecule has 19 heavy (non-hydrogen) atoms. The lowest BCUT2D eigenvalue weighted by atomic mass is 10.2. The lowest BCUT2D eigenvalue weighted by Crippen LogP contribution is -2.15. The number of benzene rings is 1. The molecule has 0 heterocycles. The van der Waals surface area contributed by atoms with Crippen molar-refractivity contribution in [2.45, 2.75) is 25.4 Å². The Balaban J connectivity index is 2.06. The quantitative estimate of drug-likeness (QED) is 0.617. The van der Waals surface area contributed by atoms with E-state index in [2.05, 4.69) is 5.32 Å². The van der Waals surface area contributed by atoms with Gasteiger partial charge in [0.25, 0.3) is 0 Å². The van der Waals surface area contributed by atoms with Crippen LogP contribution in [0.5, 0.6) is 5.75 Å². The predicted molar refractivity (Wildman–Crippen MR) is 73.4 cm³/mol. The van der Waals surface area contributed by atoms with Gasteiger partial charge in [0, 0.05) is 24.2 Å². The number of halogens is 1. The molecule has 1 aliphatic rings. The van der Waals surface area contributed by atoms with Gasteiger partial charge in [-0.15, -0.1) is 0 Å². The highest BCUT2D eigenvalue weighted by molar-refractivity contribution is 6.25. The highest BCUT2D eigenvalue weighted by Crippen LogP contribution is 2.28. The molecule has 0 saturated heterocycles. The molecule has 1 N–H and O–H groups in total. The number of nitrogens with zero attached hydrogens (tertiary/aromatic N) is 1. The number of nitro benzene ring substituents is 1. The lowest BCUT2D eigenvalue weighted by Gasteiger charge is -2.07. The largest absolute Gasteiger partial charge is 0.483 e. The van der Waals surface area contributed by atoms with Crippen LogP contribution in [0.1, 0.15) is 18.4 Å². The van der Waals surface area contributed by atoms with Gasteiger partial charge < -0.3 is 10.1 Å². The van der Waals surface area contributed by atoms with Crippen LogP contribution in [-0.4, -0.2) is 17.6 Å². The van der Waals surface area contributed by atoms with Crippen molar-refractivity contribution in [3.05, 3.63) is 45.5 Å². The van der Waals surface area contributed by atoms with Gasteiger partial charge in [-0.2, -0.15) is 0 Å². The SMILES string of the molecule is O=[N+]([O-])c1cc(CNC2CC2)ccc1OC/C=C/Cl. The third-order valence-electron chi connectivity index (χ3n) is 2.82. The van der Waals surface area contributed by atoms with E-state index in [1.165, 1.54) is 18.4 Å². The Labute approximate surface area is 116 Å². The molecule has 0 amide bonds. The van der Waals surface area contributed by atoms with Gasteiger partial charge in [0.15, 0.2) is 5.75 Å². The van der Waals surface area contributed by atoms with Crippen LogP contribution in [0.2, 0.25) is 0 Å². The van der Waals surface area contributed by atoms with Crippen molar-refractivity contribution in [3.63, 3.8) is 0 Å². The topological polar surface area (TPSA) is 64.4 Å². The molecule has 0 spiro atoms. The van der Waals surface area contributed by atoms with Crippen molar-refractivity contribution in [3.8, 4) is 5.75 Å². The first-order valence-corrected chi connectivity index (χ1v) is 6.53. The molecule has 0 aliphatic heterocycles. The molecule has 0 bridgehead atoms.